The molecule has 108 valence electrons. The third-order valence-corrected chi connectivity index (χ3v) is 5.23. The number of carbonyl (C=O) groups is 1. The van der Waals surface area contributed by atoms with Gasteiger partial charge in [-0.2, -0.15) is 0 Å². The molecular weight excluding hydrogens is 246 g/mol. The van der Waals surface area contributed by atoms with Crippen LogP contribution in [0, 0.1) is 31.6 Å². The average Bonchev–Trinajstić information content (AvgIpc) is 3.05. The number of hydrogen-bond donors (Lipinski definition) is 1. The first-order valence-corrected chi connectivity index (χ1v) is 8.05. The van der Waals surface area contributed by atoms with Crippen LogP contribution in [-0.4, -0.2) is 5.91 Å². The van der Waals surface area contributed by atoms with Gasteiger partial charge in [0.15, 0.2) is 0 Å². The van der Waals surface area contributed by atoms with E-state index in [1.165, 1.54) is 49.7 Å². The van der Waals surface area contributed by atoms with Crippen molar-refractivity contribution in [3.63, 3.8) is 0 Å². The van der Waals surface area contributed by atoms with Crippen molar-refractivity contribution in [1.82, 2.24) is 0 Å². The summed E-state index contributed by atoms with van der Waals surface area (Å²) in [5.41, 5.74) is 3.47. The van der Waals surface area contributed by atoms with Crippen LogP contribution in [-0.2, 0) is 4.79 Å². The Bertz CT molecular complexity index is 494. The summed E-state index contributed by atoms with van der Waals surface area (Å²) in [6.07, 6.45) is 7.86. The Morgan fingerprint density at radius 1 is 1.00 bits per heavy atom. The van der Waals surface area contributed by atoms with E-state index in [1.54, 1.807) is 0 Å². The fourth-order valence-corrected chi connectivity index (χ4v) is 3.78. The second kappa shape index (κ2) is 5.59. The fourth-order valence-electron chi connectivity index (χ4n) is 3.78. The maximum Gasteiger partial charge on any atom is 0.228 e. The van der Waals surface area contributed by atoms with Crippen molar-refractivity contribution in [3.05, 3.63) is 29.3 Å². The molecule has 0 aliphatic heterocycles. The highest BCUT2D eigenvalue weighted by atomic mass is 16.2. The topological polar surface area (TPSA) is 29.1 Å². The molecule has 1 N–H and O–H groups in total. The van der Waals surface area contributed by atoms with Crippen molar-refractivity contribution in [2.45, 2.75) is 52.4 Å². The Morgan fingerprint density at radius 3 is 2.25 bits per heavy atom. The molecule has 0 spiro atoms. The van der Waals surface area contributed by atoms with Crippen LogP contribution in [0.25, 0.3) is 0 Å². The Hall–Kier alpha value is -1.31. The third-order valence-electron chi connectivity index (χ3n) is 5.23. The van der Waals surface area contributed by atoms with Crippen molar-refractivity contribution < 1.29 is 4.79 Å². The number of benzene rings is 1. The molecule has 2 saturated carbocycles. The van der Waals surface area contributed by atoms with Gasteiger partial charge in [-0.25, -0.2) is 0 Å². The zero-order valence-corrected chi connectivity index (χ0v) is 12.6. The number of fused-ring (bicyclic) bond motifs is 1. The van der Waals surface area contributed by atoms with Crippen molar-refractivity contribution in [2.75, 3.05) is 5.32 Å². The van der Waals surface area contributed by atoms with E-state index in [0.29, 0.717) is 11.8 Å². The Morgan fingerprint density at radius 2 is 1.65 bits per heavy atom. The van der Waals surface area contributed by atoms with Crippen molar-refractivity contribution in [1.29, 1.82) is 0 Å². The van der Waals surface area contributed by atoms with Crippen LogP contribution in [0.1, 0.15) is 49.7 Å². The van der Waals surface area contributed by atoms with Gasteiger partial charge in [0.25, 0.3) is 0 Å². The second-order valence-electron chi connectivity index (χ2n) is 6.63. The molecule has 1 amide bonds. The van der Waals surface area contributed by atoms with Gasteiger partial charge >= 0.3 is 0 Å². The number of anilines is 1. The number of aryl methyl sites for hydroxylation is 2. The molecule has 1 unspecified atom stereocenters. The molecule has 3 rings (SSSR count). The van der Waals surface area contributed by atoms with E-state index in [-0.39, 0.29) is 11.8 Å². The normalized spacial score (nSPS) is 29.0. The van der Waals surface area contributed by atoms with Crippen LogP contribution in [0.15, 0.2) is 18.2 Å². The van der Waals surface area contributed by atoms with E-state index < -0.39 is 0 Å². The summed E-state index contributed by atoms with van der Waals surface area (Å²) in [6, 6.07) is 6.18. The molecule has 2 aliphatic rings. The number of carbonyl (C=O) groups excluding carboxylic acids is 1. The first-order chi connectivity index (χ1) is 9.66. The Balaban J connectivity index is 1.63. The monoisotopic (exact) mass is 271 g/mol. The molecule has 20 heavy (non-hydrogen) atoms. The van der Waals surface area contributed by atoms with Gasteiger partial charge < -0.3 is 5.32 Å². The van der Waals surface area contributed by atoms with Gasteiger partial charge in [0.2, 0.25) is 5.91 Å². The Kier molecular flexibility index (Phi) is 3.82. The van der Waals surface area contributed by atoms with Crippen molar-refractivity contribution in [2.24, 2.45) is 17.8 Å². The molecule has 0 saturated heterocycles. The van der Waals surface area contributed by atoms with Gasteiger partial charge in [-0.15, -0.1) is 0 Å². The summed E-state index contributed by atoms with van der Waals surface area (Å²) in [4.78, 5) is 12.5. The molecule has 2 fully saturated rings. The van der Waals surface area contributed by atoms with Crippen LogP contribution < -0.4 is 5.32 Å². The van der Waals surface area contributed by atoms with Crippen molar-refractivity contribution >= 4 is 11.6 Å². The van der Waals surface area contributed by atoms with Crippen LogP contribution in [0.5, 0.6) is 0 Å². The number of rotatable bonds is 2. The van der Waals surface area contributed by atoms with Crippen LogP contribution in [0.3, 0.4) is 0 Å². The predicted octanol–water partition coefficient (Wildman–Crippen LogP) is 4.46. The lowest BCUT2D eigenvalue weighted by Crippen LogP contribution is -2.15. The summed E-state index contributed by atoms with van der Waals surface area (Å²) in [5, 5.41) is 3.13. The van der Waals surface area contributed by atoms with Crippen LogP contribution in [0.2, 0.25) is 0 Å². The molecule has 2 nitrogen and oxygen atoms in total. The smallest absolute Gasteiger partial charge is 0.228 e. The molecule has 0 bridgehead atoms. The molecule has 2 aliphatic carbocycles. The second-order valence-corrected chi connectivity index (χ2v) is 6.63. The summed E-state index contributed by atoms with van der Waals surface area (Å²) in [6.45, 7) is 4.19. The van der Waals surface area contributed by atoms with E-state index in [0.717, 1.165) is 5.69 Å². The van der Waals surface area contributed by atoms with E-state index in [1.807, 2.05) is 6.07 Å². The lowest BCUT2D eigenvalue weighted by Gasteiger charge is -2.07. The van der Waals surface area contributed by atoms with Crippen LogP contribution >= 0.6 is 0 Å². The first kappa shape index (κ1) is 13.7. The van der Waals surface area contributed by atoms with E-state index in [2.05, 4.69) is 31.3 Å². The predicted molar refractivity (Wildman–Crippen MR) is 82.7 cm³/mol. The third kappa shape index (κ3) is 2.74. The maximum absolute atomic E-state index is 12.5. The minimum absolute atomic E-state index is 0.255. The molecule has 0 radical (unpaired) electrons. The van der Waals surface area contributed by atoms with Crippen LogP contribution in [0.4, 0.5) is 5.69 Å². The van der Waals surface area contributed by atoms with Gasteiger partial charge in [0.1, 0.15) is 0 Å². The molecule has 3 atom stereocenters. The minimum Gasteiger partial charge on any atom is -0.326 e. The zero-order valence-electron chi connectivity index (χ0n) is 12.6. The number of nitrogens with one attached hydrogen (secondary N) is 1. The lowest BCUT2D eigenvalue weighted by atomic mass is 10.0. The first-order valence-electron chi connectivity index (χ1n) is 8.05. The maximum atomic E-state index is 12.5. The summed E-state index contributed by atoms with van der Waals surface area (Å²) in [7, 11) is 0. The minimum atomic E-state index is 0.255. The molecule has 0 aromatic heterocycles. The van der Waals surface area contributed by atoms with E-state index in [9.17, 15) is 4.79 Å². The molecule has 1 aromatic carbocycles. The van der Waals surface area contributed by atoms with E-state index >= 15 is 0 Å². The van der Waals surface area contributed by atoms with Gasteiger partial charge in [-0.05, 0) is 61.8 Å². The number of amides is 1. The summed E-state index contributed by atoms with van der Waals surface area (Å²) < 4.78 is 0. The van der Waals surface area contributed by atoms with Gasteiger partial charge in [0.05, 0.1) is 0 Å². The highest BCUT2D eigenvalue weighted by Gasteiger charge is 2.53. The van der Waals surface area contributed by atoms with Gasteiger partial charge in [-0.1, -0.05) is 31.7 Å². The van der Waals surface area contributed by atoms with Gasteiger partial charge in [0, 0.05) is 11.6 Å². The molecule has 1 aromatic rings. The highest BCUT2D eigenvalue weighted by Crippen LogP contribution is 2.53. The average molecular weight is 271 g/mol. The fraction of sp³-hybridized carbons (Fsp3) is 0.611. The van der Waals surface area contributed by atoms with E-state index in [4.69, 9.17) is 0 Å². The van der Waals surface area contributed by atoms with Gasteiger partial charge in [-0.3, -0.25) is 4.79 Å². The zero-order chi connectivity index (χ0) is 14.1. The quantitative estimate of drug-likeness (QED) is 0.845. The highest BCUT2D eigenvalue weighted by molar-refractivity contribution is 5.95. The SMILES string of the molecule is Cc1ccc(NC(=O)C2[C@H]3CCCCCC[C@@H]23)cc1C. The van der Waals surface area contributed by atoms with Crippen molar-refractivity contribution in [3.8, 4) is 0 Å². The largest absolute Gasteiger partial charge is 0.326 e. The Labute approximate surface area is 122 Å². The standard InChI is InChI=1S/C18H25NO/c1-12-9-10-14(11-13(12)2)19-18(20)17-15-7-5-3-4-6-8-16(15)17/h9-11,15-17H,3-8H2,1-2H3,(H,19,20)/t15-,16+,17?. The summed E-state index contributed by atoms with van der Waals surface area (Å²) >= 11 is 0. The molecule has 2 heteroatoms. The molecule has 0 heterocycles. The number of hydrogen-bond acceptors (Lipinski definition) is 1. The molecular formula is C18H25NO. The summed E-state index contributed by atoms with van der Waals surface area (Å²) in [5.74, 6) is 1.88. The lowest BCUT2D eigenvalue weighted by molar-refractivity contribution is -0.117.